The van der Waals surface area contributed by atoms with Gasteiger partial charge in [-0.3, -0.25) is 39.6 Å². The van der Waals surface area contributed by atoms with E-state index in [9.17, 15) is 34.0 Å². The first-order valence-corrected chi connectivity index (χ1v) is 17.7. The van der Waals surface area contributed by atoms with Gasteiger partial charge in [0, 0.05) is 23.1 Å². The lowest BCUT2D eigenvalue weighted by Gasteiger charge is -2.50. The van der Waals surface area contributed by atoms with E-state index < -0.39 is 69.4 Å². The van der Waals surface area contributed by atoms with Crippen LogP contribution in [0.5, 0.6) is 11.5 Å². The van der Waals surface area contributed by atoms with Crippen LogP contribution in [0.4, 0.5) is 21.5 Å². The number of aromatic hydroxyl groups is 1. The molecule has 4 amide bonds. The molecule has 0 bridgehead atoms. The minimum atomic E-state index is -1.68. The quantitative estimate of drug-likeness (QED) is 0.0878. The summed E-state index contributed by atoms with van der Waals surface area (Å²) < 4.78 is 19.4. The summed E-state index contributed by atoms with van der Waals surface area (Å²) in [5, 5.41) is 23.3. The van der Waals surface area contributed by atoms with Gasteiger partial charge in [0.15, 0.2) is 11.5 Å². The molecular formula is C39H29Cl2FN4O8. The molecule has 1 saturated carbocycles. The Morgan fingerprint density at radius 3 is 2.26 bits per heavy atom. The maximum absolute atomic E-state index is 15.3. The number of hydrazine groups is 1. The van der Waals surface area contributed by atoms with Crippen LogP contribution >= 0.6 is 23.2 Å². The number of nitro groups is 1. The Bertz CT molecular complexity index is 2300. The molecule has 0 unspecified atom stereocenters. The highest BCUT2D eigenvalue weighted by Crippen LogP contribution is 2.65. The molecule has 4 aromatic carbocycles. The zero-order valence-electron chi connectivity index (χ0n) is 28.2. The number of carbonyl (C=O) groups is 4. The number of phenols is 1. The lowest BCUT2D eigenvalue weighted by molar-refractivity contribution is -0.384. The minimum absolute atomic E-state index is 0.00579. The summed E-state index contributed by atoms with van der Waals surface area (Å²) in [6.45, 7) is 0. The number of halogens is 3. The van der Waals surface area contributed by atoms with E-state index in [0.29, 0.717) is 21.7 Å². The molecule has 54 heavy (non-hydrogen) atoms. The fraction of sp³-hybridized carbons (Fsp3) is 0.231. The molecule has 4 aromatic rings. The van der Waals surface area contributed by atoms with Crippen LogP contribution in [0.25, 0.3) is 0 Å². The first-order chi connectivity index (χ1) is 25.9. The van der Waals surface area contributed by atoms with Crippen molar-refractivity contribution in [2.75, 3.05) is 17.4 Å². The van der Waals surface area contributed by atoms with Crippen LogP contribution in [-0.2, 0) is 24.6 Å². The Hall–Kier alpha value is -5.79. The van der Waals surface area contributed by atoms with Crippen molar-refractivity contribution in [2.24, 2.45) is 23.7 Å². The van der Waals surface area contributed by atoms with E-state index >= 15 is 4.79 Å². The summed E-state index contributed by atoms with van der Waals surface area (Å²) in [5.41, 5.74) is 2.88. The number of phenolic OH excluding ortho intramolecular Hbond substituents is 1. The van der Waals surface area contributed by atoms with Crippen molar-refractivity contribution in [3.8, 4) is 11.5 Å². The van der Waals surface area contributed by atoms with Crippen LogP contribution in [0.2, 0.25) is 10.0 Å². The molecule has 2 aliphatic heterocycles. The van der Waals surface area contributed by atoms with E-state index in [2.05, 4.69) is 5.43 Å². The number of non-ortho nitro benzene ring substituents is 1. The molecule has 8 rings (SSSR count). The third kappa shape index (κ3) is 5.17. The first kappa shape index (κ1) is 35.3. The van der Waals surface area contributed by atoms with Crippen molar-refractivity contribution in [1.82, 2.24) is 5.01 Å². The number of nitrogens with one attached hydrogen (secondary N) is 1. The van der Waals surface area contributed by atoms with Crippen molar-refractivity contribution >= 4 is 63.9 Å². The van der Waals surface area contributed by atoms with Gasteiger partial charge < -0.3 is 9.84 Å². The van der Waals surface area contributed by atoms with Gasteiger partial charge in [0.25, 0.3) is 17.5 Å². The number of carbonyl (C=O) groups excluding carboxylic acids is 4. The molecule has 4 aliphatic rings. The minimum Gasteiger partial charge on any atom is -0.503 e. The fourth-order valence-electron chi connectivity index (χ4n) is 8.92. The topological polar surface area (TPSA) is 159 Å². The number of benzene rings is 4. The van der Waals surface area contributed by atoms with E-state index in [0.717, 1.165) is 9.91 Å². The Morgan fingerprint density at radius 1 is 0.926 bits per heavy atom. The number of amides is 4. The third-order valence-corrected chi connectivity index (χ3v) is 11.7. The summed E-state index contributed by atoms with van der Waals surface area (Å²) in [6, 6.07) is 19.8. The van der Waals surface area contributed by atoms with Gasteiger partial charge in [-0.1, -0.05) is 47.0 Å². The highest BCUT2D eigenvalue weighted by molar-refractivity contribution is 6.32. The van der Waals surface area contributed by atoms with E-state index in [1.54, 1.807) is 24.3 Å². The van der Waals surface area contributed by atoms with Crippen molar-refractivity contribution in [2.45, 2.75) is 24.2 Å². The maximum Gasteiger partial charge on any atom is 0.269 e. The standard InChI is InChI=1S/C39H29Cl2FN4O8/c1-54-31-17-19(16-30(41)34(31)47)33-26-14-15-27-32(37(50)44(35(27)48)24-10-12-25(13-11-24)46(52)53)28(26)18-29-36(49)45(43-23-8-6-22(42)7-9-23)38(51)39(29,33)20-2-4-21(40)5-3-20/h2-14,16-17,27-29,32-33,43,47H,15,18H2,1H3/t27-,28+,29-,32-,33-,39+/m0/s1. The summed E-state index contributed by atoms with van der Waals surface area (Å²) >= 11 is 12.9. The van der Waals surface area contributed by atoms with Gasteiger partial charge in [0.1, 0.15) is 5.82 Å². The highest BCUT2D eigenvalue weighted by atomic mass is 35.5. The highest BCUT2D eigenvalue weighted by Gasteiger charge is 2.70. The summed E-state index contributed by atoms with van der Waals surface area (Å²) in [5.74, 6) is -7.75. The number of hydrogen-bond acceptors (Lipinski definition) is 9. The number of methoxy groups -OCH3 is 1. The lowest BCUT2D eigenvalue weighted by atomic mass is 9.49. The molecule has 0 radical (unpaired) electrons. The van der Waals surface area contributed by atoms with Crippen molar-refractivity contribution in [3.63, 3.8) is 0 Å². The summed E-state index contributed by atoms with van der Waals surface area (Å²) in [6.07, 6.45) is 1.94. The zero-order valence-corrected chi connectivity index (χ0v) is 29.8. The maximum atomic E-state index is 15.3. The Kier molecular flexibility index (Phi) is 8.46. The number of ether oxygens (including phenoxy) is 1. The molecule has 2 N–H and O–H groups in total. The molecule has 6 atom stereocenters. The third-order valence-electron chi connectivity index (χ3n) is 11.2. The number of nitrogens with zero attached hydrogens (tertiary/aromatic N) is 3. The lowest BCUT2D eigenvalue weighted by Crippen LogP contribution is -2.53. The second-order valence-electron chi connectivity index (χ2n) is 13.7. The van der Waals surface area contributed by atoms with Crippen molar-refractivity contribution < 1.29 is 38.3 Å². The molecule has 0 aromatic heterocycles. The zero-order chi connectivity index (χ0) is 38.2. The average Bonchev–Trinajstić information content (AvgIpc) is 3.54. The van der Waals surface area contributed by atoms with Crippen LogP contribution in [0, 0.1) is 39.6 Å². The van der Waals surface area contributed by atoms with Crippen LogP contribution in [0.1, 0.15) is 29.9 Å². The predicted octanol–water partition coefficient (Wildman–Crippen LogP) is 6.94. The molecule has 274 valence electrons. The average molecular weight is 772 g/mol. The van der Waals surface area contributed by atoms with Crippen LogP contribution in [0.15, 0.2) is 96.6 Å². The molecule has 15 heteroatoms. The normalized spacial score (nSPS) is 25.9. The Labute approximate surface area is 316 Å². The first-order valence-electron chi connectivity index (χ1n) is 16.9. The van der Waals surface area contributed by atoms with Gasteiger partial charge >= 0.3 is 0 Å². The van der Waals surface area contributed by atoms with Crippen LogP contribution < -0.4 is 15.1 Å². The molecule has 3 fully saturated rings. The molecule has 0 spiro atoms. The van der Waals surface area contributed by atoms with E-state index in [1.807, 2.05) is 6.08 Å². The van der Waals surface area contributed by atoms with E-state index in [-0.39, 0.29) is 46.4 Å². The number of imide groups is 2. The van der Waals surface area contributed by atoms with E-state index in [1.165, 1.54) is 67.8 Å². The van der Waals surface area contributed by atoms with Gasteiger partial charge in [0.2, 0.25) is 11.8 Å². The van der Waals surface area contributed by atoms with Gasteiger partial charge in [-0.25, -0.2) is 4.39 Å². The van der Waals surface area contributed by atoms with Gasteiger partial charge in [-0.05, 0) is 90.6 Å². The van der Waals surface area contributed by atoms with Crippen LogP contribution in [0.3, 0.4) is 0 Å². The Morgan fingerprint density at radius 2 is 1.61 bits per heavy atom. The van der Waals surface area contributed by atoms with Crippen molar-refractivity contribution in [3.05, 3.63) is 134 Å². The summed E-state index contributed by atoms with van der Waals surface area (Å²) in [7, 11) is 1.34. The number of rotatable bonds is 7. The SMILES string of the molecule is COc1cc([C@H]2C3=CC[C@@H]4C(=O)N(c5ccc([N+](=O)[O-])cc5)C(=O)[C@@H]4[C@@H]3C[C@H]3C(=O)N(Nc4ccc(F)cc4)C(=O)[C@@]23c2ccc(Cl)cc2)cc(Cl)c1O. The smallest absolute Gasteiger partial charge is 0.269 e. The Balaban J connectivity index is 1.32. The predicted molar refractivity (Wildman–Crippen MR) is 194 cm³/mol. The molecule has 2 saturated heterocycles. The van der Waals surface area contributed by atoms with Gasteiger partial charge in [0.05, 0.1) is 51.6 Å². The number of hydrogen-bond donors (Lipinski definition) is 2. The molecule has 2 aliphatic carbocycles. The van der Waals surface area contributed by atoms with Gasteiger partial charge in [-0.2, -0.15) is 5.01 Å². The number of fused-ring (bicyclic) bond motifs is 4. The monoisotopic (exact) mass is 770 g/mol. The number of nitro benzene ring substituents is 1. The number of anilines is 2. The van der Waals surface area contributed by atoms with Crippen LogP contribution in [-0.4, -0.2) is 45.8 Å². The largest absolute Gasteiger partial charge is 0.503 e. The van der Waals surface area contributed by atoms with Gasteiger partial charge in [-0.15, -0.1) is 0 Å². The van der Waals surface area contributed by atoms with E-state index in [4.69, 9.17) is 27.9 Å². The molecule has 12 nitrogen and oxygen atoms in total. The molecule has 2 heterocycles. The van der Waals surface area contributed by atoms with Crippen molar-refractivity contribution in [1.29, 1.82) is 0 Å². The number of allylic oxidation sites excluding steroid dienone is 2. The second-order valence-corrected chi connectivity index (χ2v) is 14.6. The molecular weight excluding hydrogens is 742 g/mol. The fourth-order valence-corrected chi connectivity index (χ4v) is 9.27. The second kappa shape index (κ2) is 13.0. The summed E-state index contributed by atoms with van der Waals surface area (Å²) in [4.78, 5) is 70.3.